The first-order chi connectivity index (χ1) is 20.7. The van der Waals surface area contributed by atoms with Gasteiger partial charge in [-0.1, -0.05) is 129 Å². The molecule has 0 bridgehead atoms. The molecule has 0 aromatic rings. The molecule has 0 spiro atoms. The molecule has 3 unspecified atom stereocenters. The van der Waals surface area contributed by atoms with Crippen LogP contribution in [0.1, 0.15) is 155 Å². The molecule has 0 fully saturated rings. The molecule has 0 aliphatic rings. The average molecular weight is 639 g/mol. The maximum absolute atomic E-state index is 12.4. The summed E-state index contributed by atoms with van der Waals surface area (Å²) in [6.07, 6.45) is 22.1. The predicted octanol–water partition coefficient (Wildman–Crippen LogP) is 7.55. The zero-order valence-electron chi connectivity index (χ0n) is 27.2. The molecule has 0 heterocycles. The van der Waals surface area contributed by atoms with Crippen LogP contribution >= 0.6 is 7.82 Å². The van der Waals surface area contributed by atoms with Gasteiger partial charge >= 0.3 is 19.8 Å². The molecule has 10 nitrogen and oxygen atoms in total. The largest absolute Gasteiger partial charge is 0.472 e. The van der Waals surface area contributed by atoms with Crippen molar-refractivity contribution in [3.63, 3.8) is 0 Å². The number of hydrogen-bond donors (Lipinski definition) is 3. The minimum absolute atomic E-state index is 0.189. The Morgan fingerprint density at radius 3 is 1.49 bits per heavy atom. The van der Waals surface area contributed by atoms with Crippen LogP contribution in [-0.4, -0.2) is 65.7 Å². The highest BCUT2D eigenvalue weighted by atomic mass is 31.2. The van der Waals surface area contributed by atoms with E-state index in [1.165, 1.54) is 89.9 Å². The fourth-order valence-corrected chi connectivity index (χ4v) is 5.35. The van der Waals surface area contributed by atoms with E-state index in [2.05, 4.69) is 11.4 Å². The first-order valence-corrected chi connectivity index (χ1v) is 18.5. The smallest absolute Gasteiger partial charge is 0.462 e. The summed E-state index contributed by atoms with van der Waals surface area (Å²) in [7, 11) is -4.58. The molecule has 11 heteroatoms. The number of carbonyl (C=O) groups excluding carboxylic acids is 2. The van der Waals surface area contributed by atoms with Crippen LogP contribution in [0.3, 0.4) is 0 Å². The summed E-state index contributed by atoms with van der Waals surface area (Å²) >= 11 is 0. The maximum atomic E-state index is 12.4. The van der Waals surface area contributed by atoms with E-state index in [1.807, 2.05) is 6.92 Å². The summed E-state index contributed by atoms with van der Waals surface area (Å²) in [5, 5.41) is 18.1. The van der Waals surface area contributed by atoms with Crippen molar-refractivity contribution in [2.75, 3.05) is 26.4 Å². The second kappa shape index (κ2) is 29.7. The highest BCUT2D eigenvalue weighted by Gasteiger charge is 2.27. The molecule has 0 aromatic heterocycles. The van der Waals surface area contributed by atoms with Crippen LogP contribution in [0.25, 0.3) is 0 Å². The third kappa shape index (κ3) is 29.4. The minimum atomic E-state index is -4.58. The second-order valence-corrected chi connectivity index (χ2v) is 13.0. The molecular weight excluding hydrogens is 575 g/mol. The SMILES string of the molecule is CCCCCCCCCCCCCCCCCCCCC(=O)OC(COC(=O)CCCC)COP(=O)(O)OCC(O)CO. The maximum Gasteiger partial charge on any atom is 0.472 e. The third-order valence-corrected chi connectivity index (χ3v) is 8.21. The number of phosphoric acid groups is 1. The van der Waals surface area contributed by atoms with Crippen LogP contribution in [0.4, 0.5) is 0 Å². The zero-order chi connectivity index (χ0) is 32.0. The van der Waals surface area contributed by atoms with Gasteiger partial charge in [0.05, 0.1) is 19.8 Å². The lowest BCUT2D eigenvalue weighted by atomic mass is 10.0. The molecular formula is C32H63O10P. The summed E-state index contributed by atoms with van der Waals surface area (Å²) in [5.41, 5.74) is 0. The van der Waals surface area contributed by atoms with Gasteiger partial charge in [-0.25, -0.2) is 4.57 Å². The van der Waals surface area contributed by atoms with Crippen LogP contribution in [-0.2, 0) is 32.7 Å². The number of aliphatic hydroxyl groups excluding tert-OH is 2. The Morgan fingerprint density at radius 2 is 1.02 bits per heavy atom. The van der Waals surface area contributed by atoms with Crippen LogP contribution in [0.15, 0.2) is 0 Å². The Bertz CT molecular complexity index is 706. The first-order valence-electron chi connectivity index (χ1n) is 17.0. The summed E-state index contributed by atoms with van der Waals surface area (Å²) in [5.74, 6) is -0.958. The lowest BCUT2D eigenvalue weighted by Crippen LogP contribution is -2.29. The van der Waals surface area contributed by atoms with E-state index in [1.54, 1.807) is 0 Å². The topological polar surface area (TPSA) is 149 Å². The number of esters is 2. The summed E-state index contributed by atoms with van der Waals surface area (Å²) in [6.45, 7) is 2.10. The highest BCUT2D eigenvalue weighted by Crippen LogP contribution is 2.43. The van der Waals surface area contributed by atoms with E-state index >= 15 is 0 Å². The molecule has 0 aliphatic carbocycles. The number of aliphatic hydroxyl groups is 2. The van der Waals surface area contributed by atoms with Gasteiger partial charge in [-0.2, -0.15) is 0 Å². The van der Waals surface area contributed by atoms with Crippen molar-refractivity contribution in [2.24, 2.45) is 0 Å². The molecule has 0 aromatic carbocycles. The molecule has 0 saturated carbocycles. The van der Waals surface area contributed by atoms with E-state index in [-0.39, 0.29) is 19.4 Å². The van der Waals surface area contributed by atoms with Gasteiger partial charge in [-0.3, -0.25) is 18.6 Å². The quantitative estimate of drug-likeness (QED) is 0.0383. The molecule has 0 aliphatic heterocycles. The number of unbranched alkanes of at least 4 members (excludes halogenated alkanes) is 18. The fourth-order valence-electron chi connectivity index (χ4n) is 4.56. The predicted molar refractivity (Wildman–Crippen MR) is 169 cm³/mol. The van der Waals surface area contributed by atoms with Gasteiger partial charge in [-0.15, -0.1) is 0 Å². The molecule has 3 atom stereocenters. The van der Waals surface area contributed by atoms with E-state index in [9.17, 15) is 24.2 Å². The fraction of sp³-hybridized carbons (Fsp3) is 0.938. The van der Waals surface area contributed by atoms with Crippen molar-refractivity contribution in [3.05, 3.63) is 0 Å². The number of carbonyl (C=O) groups is 2. The lowest BCUT2D eigenvalue weighted by Gasteiger charge is -2.20. The van der Waals surface area contributed by atoms with E-state index in [0.29, 0.717) is 12.8 Å². The standard InChI is InChI=1S/C32H63O10P/c1-3-5-7-8-9-10-11-12-13-14-15-16-17-18-19-20-21-22-24-32(36)42-30(27-39-31(35)23-6-4-2)28-41-43(37,38)40-26-29(34)25-33/h29-30,33-34H,3-28H2,1-2H3,(H,37,38). The van der Waals surface area contributed by atoms with Gasteiger partial charge in [0.1, 0.15) is 12.7 Å². The van der Waals surface area contributed by atoms with Gasteiger partial charge < -0.3 is 24.6 Å². The van der Waals surface area contributed by atoms with Crippen molar-refractivity contribution in [1.29, 1.82) is 0 Å². The Hall–Kier alpha value is -1.03. The summed E-state index contributed by atoms with van der Waals surface area (Å²) in [4.78, 5) is 34.0. The van der Waals surface area contributed by atoms with Crippen molar-refractivity contribution in [1.82, 2.24) is 0 Å². The Labute approximate surface area is 261 Å². The van der Waals surface area contributed by atoms with Gasteiger partial charge in [0.15, 0.2) is 6.10 Å². The van der Waals surface area contributed by atoms with Crippen molar-refractivity contribution < 1.29 is 47.8 Å². The number of phosphoric ester groups is 1. The molecule has 0 amide bonds. The van der Waals surface area contributed by atoms with Gasteiger partial charge in [0.2, 0.25) is 0 Å². The molecule has 256 valence electrons. The van der Waals surface area contributed by atoms with Crippen LogP contribution in [0.2, 0.25) is 0 Å². The monoisotopic (exact) mass is 638 g/mol. The average Bonchev–Trinajstić information content (AvgIpc) is 2.99. The molecule has 0 saturated heterocycles. The molecule has 43 heavy (non-hydrogen) atoms. The Balaban J connectivity index is 4.04. The number of ether oxygens (including phenoxy) is 2. The molecule has 3 N–H and O–H groups in total. The van der Waals surface area contributed by atoms with Crippen molar-refractivity contribution in [2.45, 2.75) is 167 Å². The zero-order valence-corrected chi connectivity index (χ0v) is 28.1. The summed E-state index contributed by atoms with van der Waals surface area (Å²) < 4.78 is 32.0. The lowest BCUT2D eigenvalue weighted by molar-refractivity contribution is -0.161. The van der Waals surface area contributed by atoms with Gasteiger partial charge in [-0.05, 0) is 12.8 Å². The van der Waals surface area contributed by atoms with Crippen LogP contribution in [0, 0.1) is 0 Å². The van der Waals surface area contributed by atoms with E-state index in [4.69, 9.17) is 19.1 Å². The Morgan fingerprint density at radius 1 is 0.605 bits per heavy atom. The van der Waals surface area contributed by atoms with Gasteiger partial charge in [0, 0.05) is 12.8 Å². The first kappa shape index (κ1) is 42.0. The summed E-state index contributed by atoms with van der Waals surface area (Å²) in [6, 6.07) is 0. The third-order valence-electron chi connectivity index (χ3n) is 7.26. The van der Waals surface area contributed by atoms with Crippen molar-refractivity contribution >= 4 is 19.8 Å². The van der Waals surface area contributed by atoms with E-state index in [0.717, 1.165) is 25.7 Å². The Kier molecular flexibility index (Phi) is 29.0. The number of rotatable bonds is 32. The molecule has 0 radical (unpaired) electrons. The van der Waals surface area contributed by atoms with Gasteiger partial charge in [0.25, 0.3) is 0 Å². The second-order valence-electron chi connectivity index (χ2n) is 11.6. The van der Waals surface area contributed by atoms with E-state index < -0.39 is 51.8 Å². The normalized spacial score (nSPS) is 14.3. The van der Waals surface area contributed by atoms with Crippen molar-refractivity contribution in [3.8, 4) is 0 Å². The molecule has 0 rings (SSSR count). The minimum Gasteiger partial charge on any atom is -0.462 e. The van der Waals surface area contributed by atoms with Crippen LogP contribution in [0.5, 0.6) is 0 Å². The van der Waals surface area contributed by atoms with Crippen LogP contribution < -0.4 is 0 Å². The highest BCUT2D eigenvalue weighted by molar-refractivity contribution is 7.47. The number of hydrogen-bond acceptors (Lipinski definition) is 9.